The Labute approximate surface area is 167 Å². The van der Waals surface area contributed by atoms with Crippen LogP contribution in [0.5, 0.6) is 0 Å². The zero-order valence-electron chi connectivity index (χ0n) is 15.4. The highest BCUT2D eigenvalue weighted by Gasteiger charge is 2.15. The molecule has 0 atom stereocenters. The van der Waals surface area contributed by atoms with Crippen LogP contribution in [0.4, 0.5) is 5.69 Å². The van der Waals surface area contributed by atoms with Crippen LogP contribution >= 0.6 is 27.7 Å². The molecule has 0 radical (unpaired) electrons. The van der Waals surface area contributed by atoms with E-state index >= 15 is 0 Å². The number of carbonyl (C=O) groups is 2. The largest absolute Gasteiger partial charge is 0.336 e. The fraction of sp³-hybridized carbons (Fsp3) is 0.300. The first-order valence-corrected chi connectivity index (χ1v) is 10.0. The van der Waals surface area contributed by atoms with Crippen LogP contribution in [0.25, 0.3) is 0 Å². The molecule has 0 spiro atoms. The minimum absolute atomic E-state index is 0.0342. The zero-order chi connectivity index (χ0) is 19.3. The van der Waals surface area contributed by atoms with Crippen LogP contribution in [0.2, 0.25) is 0 Å². The molecule has 0 bridgehead atoms. The van der Waals surface area contributed by atoms with Crippen LogP contribution in [0, 0.1) is 20.8 Å². The lowest BCUT2D eigenvalue weighted by molar-refractivity contribution is -0.131. The number of amides is 2. The SMILES string of the molecule is Cc1cc(Br)ccc1SCC(=O)N(C)CC(=O)Nc1c(C)cccc1C. The van der Waals surface area contributed by atoms with Crippen molar-refractivity contribution < 1.29 is 9.59 Å². The molecule has 0 aromatic heterocycles. The number of thioether (sulfide) groups is 1. The first-order chi connectivity index (χ1) is 12.3. The smallest absolute Gasteiger partial charge is 0.243 e. The molecule has 0 aliphatic heterocycles. The van der Waals surface area contributed by atoms with Gasteiger partial charge in [-0.1, -0.05) is 34.1 Å². The molecule has 0 saturated heterocycles. The Balaban J connectivity index is 1.89. The Hall–Kier alpha value is -1.79. The Kier molecular flexibility index (Phi) is 7.29. The summed E-state index contributed by atoms with van der Waals surface area (Å²) in [6.45, 7) is 5.95. The van der Waals surface area contributed by atoms with E-state index in [1.807, 2.05) is 57.2 Å². The van der Waals surface area contributed by atoms with Gasteiger partial charge in [-0.05, 0) is 55.7 Å². The Morgan fingerprint density at radius 1 is 1.08 bits per heavy atom. The summed E-state index contributed by atoms with van der Waals surface area (Å²) in [5, 5.41) is 2.91. The van der Waals surface area contributed by atoms with Gasteiger partial charge in [0.05, 0.1) is 12.3 Å². The summed E-state index contributed by atoms with van der Waals surface area (Å²) < 4.78 is 1.02. The van der Waals surface area contributed by atoms with Crippen molar-refractivity contribution in [3.63, 3.8) is 0 Å². The third-order valence-corrected chi connectivity index (χ3v) is 5.69. The first-order valence-electron chi connectivity index (χ1n) is 8.27. The molecule has 0 aliphatic carbocycles. The molecule has 0 aliphatic rings. The molecule has 0 heterocycles. The predicted molar refractivity (Wildman–Crippen MR) is 112 cm³/mol. The summed E-state index contributed by atoms with van der Waals surface area (Å²) in [5.41, 5.74) is 3.95. The van der Waals surface area contributed by atoms with Crippen molar-refractivity contribution in [2.45, 2.75) is 25.7 Å². The monoisotopic (exact) mass is 434 g/mol. The molecule has 6 heteroatoms. The van der Waals surface area contributed by atoms with E-state index in [1.165, 1.54) is 16.7 Å². The molecular weight excluding hydrogens is 412 g/mol. The molecule has 0 unspecified atom stereocenters. The summed E-state index contributed by atoms with van der Waals surface area (Å²) in [6.07, 6.45) is 0. The maximum atomic E-state index is 12.3. The average Bonchev–Trinajstić information content (AvgIpc) is 2.57. The van der Waals surface area contributed by atoms with Gasteiger partial charge in [0.2, 0.25) is 11.8 Å². The Morgan fingerprint density at radius 2 is 1.73 bits per heavy atom. The summed E-state index contributed by atoms with van der Waals surface area (Å²) in [5.74, 6) is 0.0346. The zero-order valence-corrected chi connectivity index (χ0v) is 17.8. The highest BCUT2D eigenvalue weighted by atomic mass is 79.9. The van der Waals surface area contributed by atoms with Gasteiger partial charge in [-0.2, -0.15) is 0 Å². The molecule has 2 amide bonds. The maximum absolute atomic E-state index is 12.3. The molecule has 4 nitrogen and oxygen atoms in total. The van der Waals surface area contributed by atoms with Crippen LogP contribution in [-0.4, -0.2) is 36.1 Å². The quantitative estimate of drug-likeness (QED) is 0.677. The van der Waals surface area contributed by atoms with Crippen LogP contribution in [0.1, 0.15) is 16.7 Å². The van der Waals surface area contributed by atoms with Gasteiger partial charge in [0, 0.05) is 22.1 Å². The van der Waals surface area contributed by atoms with Gasteiger partial charge in [-0.25, -0.2) is 0 Å². The fourth-order valence-electron chi connectivity index (χ4n) is 2.52. The normalized spacial score (nSPS) is 10.5. The van der Waals surface area contributed by atoms with E-state index in [2.05, 4.69) is 21.2 Å². The number of anilines is 1. The maximum Gasteiger partial charge on any atom is 0.243 e. The van der Waals surface area contributed by atoms with E-state index in [0.29, 0.717) is 5.75 Å². The summed E-state index contributed by atoms with van der Waals surface area (Å²) in [4.78, 5) is 27.1. The second-order valence-corrected chi connectivity index (χ2v) is 8.20. The molecule has 0 saturated carbocycles. The number of likely N-dealkylation sites (N-methyl/N-ethyl adjacent to an activating group) is 1. The second-order valence-electron chi connectivity index (χ2n) is 6.26. The number of halogens is 1. The molecular formula is C20H23BrN2O2S. The molecule has 138 valence electrons. The van der Waals surface area contributed by atoms with Crippen molar-refractivity contribution in [2.75, 3.05) is 24.7 Å². The third kappa shape index (κ3) is 5.61. The number of hydrogen-bond donors (Lipinski definition) is 1. The lowest BCUT2D eigenvalue weighted by atomic mass is 10.1. The molecule has 2 aromatic rings. The fourth-order valence-corrected chi connectivity index (χ4v) is 3.94. The molecule has 2 rings (SSSR count). The number of nitrogens with one attached hydrogen (secondary N) is 1. The first kappa shape index (κ1) is 20.5. The second kappa shape index (κ2) is 9.24. The summed E-state index contributed by atoms with van der Waals surface area (Å²) >= 11 is 4.92. The van der Waals surface area contributed by atoms with Gasteiger partial charge in [0.1, 0.15) is 0 Å². The molecule has 26 heavy (non-hydrogen) atoms. The van der Waals surface area contributed by atoms with Crippen molar-refractivity contribution in [3.05, 3.63) is 57.6 Å². The van der Waals surface area contributed by atoms with E-state index in [0.717, 1.165) is 31.7 Å². The van der Waals surface area contributed by atoms with E-state index in [9.17, 15) is 9.59 Å². The van der Waals surface area contributed by atoms with Crippen LogP contribution in [0.3, 0.4) is 0 Å². The predicted octanol–water partition coefficient (Wildman–Crippen LogP) is 4.56. The number of aryl methyl sites for hydroxylation is 3. The molecule has 1 N–H and O–H groups in total. The van der Waals surface area contributed by atoms with Crippen molar-refractivity contribution in [2.24, 2.45) is 0 Å². The van der Waals surface area contributed by atoms with Crippen LogP contribution in [0.15, 0.2) is 45.8 Å². The lowest BCUT2D eigenvalue weighted by Gasteiger charge is -2.18. The van der Waals surface area contributed by atoms with Crippen LogP contribution in [-0.2, 0) is 9.59 Å². The van der Waals surface area contributed by atoms with E-state index in [1.54, 1.807) is 7.05 Å². The van der Waals surface area contributed by atoms with Gasteiger partial charge >= 0.3 is 0 Å². The minimum Gasteiger partial charge on any atom is -0.336 e. The Bertz CT molecular complexity index is 803. The number of hydrogen-bond acceptors (Lipinski definition) is 3. The number of nitrogens with zero attached hydrogens (tertiary/aromatic N) is 1. The Morgan fingerprint density at radius 3 is 2.35 bits per heavy atom. The van der Waals surface area contributed by atoms with Gasteiger partial charge < -0.3 is 10.2 Å². The number of benzene rings is 2. The van der Waals surface area contributed by atoms with Gasteiger partial charge in [0.15, 0.2) is 0 Å². The number of carbonyl (C=O) groups excluding carboxylic acids is 2. The topological polar surface area (TPSA) is 49.4 Å². The van der Waals surface area contributed by atoms with E-state index in [-0.39, 0.29) is 18.4 Å². The minimum atomic E-state index is -0.192. The average molecular weight is 435 g/mol. The summed E-state index contributed by atoms with van der Waals surface area (Å²) in [6, 6.07) is 11.8. The molecule has 2 aromatic carbocycles. The highest BCUT2D eigenvalue weighted by Crippen LogP contribution is 2.25. The van der Waals surface area contributed by atoms with Crippen LogP contribution < -0.4 is 5.32 Å². The number of rotatable bonds is 6. The van der Waals surface area contributed by atoms with Gasteiger partial charge in [-0.3, -0.25) is 9.59 Å². The summed E-state index contributed by atoms with van der Waals surface area (Å²) in [7, 11) is 1.65. The van der Waals surface area contributed by atoms with Crippen molar-refractivity contribution in [1.29, 1.82) is 0 Å². The number of para-hydroxylation sites is 1. The van der Waals surface area contributed by atoms with Crippen molar-refractivity contribution in [3.8, 4) is 0 Å². The highest BCUT2D eigenvalue weighted by molar-refractivity contribution is 9.10. The third-order valence-electron chi connectivity index (χ3n) is 4.04. The molecule has 0 fully saturated rings. The van der Waals surface area contributed by atoms with Gasteiger partial charge in [0.25, 0.3) is 0 Å². The van der Waals surface area contributed by atoms with Crippen molar-refractivity contribution >= 4 is 45.2 Å². The van der Waals surface area contributed by atoms with E-state index in [4.69, 9.17) is 0 Å². The van der Waals surface area contributed by atoms with Crippen molar-refractivity contribution in [1.82, 2.24) is 4.90 Å². The van der Waals surface area contributed by atoms with Gasteiger partial charge in [-0.15, -0.1) is 11.8 Å². The lowest BCUT2D eigenvalue weighted by Crippen LogP contribution is -2.36. The van der Waals surface area contributed by atoms with E-state index < -0.39 is 0 Å². The standard InChI is InChI=1S/C20H23BrN2O2S/c1-13-6-5-7-14(2)20(13)22-18(24)11-23(4)19(25)12-26-17-9-8-16(21)10-15(17)3/h5-10H,11-12H2,1-4H3,(H,22,24).